The second-order valence-electron chi connectivity index (χ2n) is 5.11. The molecule has 0 heterocycles. The molecule has 1 aliphatic rings. The van der Waals surface area contributed by atoms with Crippen molar-refractivity contribution in [3.05, 3.63) is 0 Å². The fourth-order valence-electron chi connectivity index (χ4n) is 1.59. The van der Waals surface area contributed by atoms with E-state index in [0.29, 0.717) is 18.9 Å². The normalized spacial score (nSPS) is 20.1. The molecule has 0 radical (unpaired) electrons. The van der Waals surface area contributed by atoms with Gasteiger partial charge in [0, 0.05) is 12.0 Å². The molecule has 15 heavy (non-hydrogen) atoms. The van der Waals surface area contributed by atoms with Gasteiger partial charge in [-0.25, -0.2) is 0 Å². The molecule has 0 bridgehead atoms. The van der Waals surface area contributed by atoms with E-state index in [1.807, 2.05) is 13.8 Å². The lowest BCUT2D eigenvalue weighted by molar-refractivity contribution is -0.123. The van der Waals surface area contributed by atoms with Crippen molar-refractivity contribution < 1.29 is 9.90 Å². The van der Waals surface area contributed by atoms with Gasteiger partial charge >= 0.3 is 0 Å². The predicted molar refractivity (Wildman–Crippen MR) is 59.2 cm³/mol. The van der Waals surface area contributed by atoms with Crippen molar-refractivity contribution in [1.29, 1.82) is 0 Å². The zero-order chi connectivity index (χ0) is 11.5. The van der Waals surface area contributed by atoms with E-state index in [4.69, 9.17) is 10.8 Å². The van der Waals surface area contributed by atoms with Crippen molar-refractivity contribution in [2.75, 3.05) is 13.2 Å². The zero-order valence-corrected chi connectivity index (χ0v) is 9.62. The van der Waals surface area contributed by atoms with E-state index >= 15 is 0 Å². The molecule has 1 rings (SSSR count). The minimum atomic E-state index is -0.417. The average Bonchev–Trinajstić information content (AvgIpc) is 2.94. The summed E-state index contributed by atoms with van der Waals surface area (Å²) in [4.78, 5) is 11.6. The standard InChI is InChI=1S/C11H22N2O2/c1-8(2)5-9(12)10(15)13-6-11(7-14)3-4-11/h8-9,14H,3-7,12H2,1-2H3,(H,13,15). The van der Waals surface area contributed by atoms with Gasteiger partial charge in [-0.3, -0.25) is 4.79 Å². The number of nitrogens with two attached hydrogens (primary N) is 1. The summed E-state index contributed by atoms with van der Waals surface area (Å²) in [5.74, 6) is 0.335. The fourth-order valence-corrected chi connectivity index (χ4v) is 1.59. The summed E-state index contributed by atoms with van der Waals surface area (Å²) >= 11 is 0. The lowest BCUT2D eigenvalue weighted by Gasteiger charge is -2.17. The molecule has 0 aromatic rings. The highest BCUT2D eigenvalue weighted by Gasteiger charge is 2.42. The molecule has 4 N–H and O–H groups in total. The summed E-state index contributed by atoms with van der Waals surface area (Å²) in [7, 11) is 0. The highest BCUT2D eigenvalue weighted by molar-refractivity contribution is 5.81. The van der Waals surface area contributed by atoms with Crippen molar-refractivity contribution in [2.24, 2.45) is 17.1 Å². The molecule has 1 atom stereocenters. The Morgan fingerprint density at radius 3 is 2.53 bits per heavy atom. The Morgan fingerprint density at radius 1 is 1.53 bits per heavy atom. The number of hydrogen-bond donors (Lipinski definition) is 3. The Balaban J connectivity index is 2.23. The second-order valence-corrected chi connectivity index (χ2v) is 5.11. The zero-order valence-electron chi connectivity index (χ0n) is 9.62. The van der Waals surface area contributed by atoms with E-state index < -0.39 is 6.04 Å². The summed E-state index contributed by atoms with van der Waals surface area (Å²) in [6.45, 7) is 4.81. The Morgan fingerprint density at radius 2 is 2.13 bits per heavy atom. The van der Waals surface area contributed by atoms with E-state index in [1.54, 1.807) is 0 Å². The Bertz CT molecular complexity index is 225. The quantitative estimate of drug-likeness (QED) is 0.593. The van der Waals surface area contributed by atoms with E-state index in [9.17, 15) is 4.79 Å². The van der Waals surface area contributed by atoms with Crippen LogP contribution in [0.5, 0.6) is 0 Å². The molecular formula is C11H22N2O2. The number of hydrogen-bond acceptors (Lipinski definition) is 3. The largest absolute Gasteiger partial charge is 0.396 e. The van der Waals surface area contributed by atoms with Gasteiger partial charge in [0.25, 0.3) is 0 Å². The van der Waals surface area contributed by atoms with Crippen LogP contribution in [0, 0.1) is 11.3 Å². The number of aliphatic hydroxyl groups is 1. The summed E-state index contributed by atoms with van der Waals surface area (Å²) < 4.78 is 0. The van der Waals surface area contributed by atoms with Crippen LogP contribution in [0.1, 0.15) is 33.1 Å². The molecule has 4 heteroatoms. The first-order valence-electron chi connectivity index (χ1n) is 5.63. The van der Waals surface area contributed by atoms with Gasteiger partial charge in [0.15, 0.2) is 0 Å². The number of rotatable bonds is 6. The van der Waals surface area contributed by atoms with Gasteiger partial charge in [-0.15, -0.1) is 0 Å². The third-order valence-electron chi connectivity index (χ3n) is 2.99. The van der Waals surface area contributed by atoms with Crippen LogP contribution >= 0.6 is 0 Å². The summed E-state index contributed by atoms with van der Waals surface area (Å²) in [6, 6.07) is -0.417. The highest BCUT2D eigenvalue weighted by atomic mass is 16.3. The Hall–Kier alpha value is -0.610. The maximum Gasteiger partial charge on any atom is 0.236 e. The molecule has 0 spiro atoms. The van der Waals surface area contributed by atoms with Crippen LogP contribution in [0.25, 0.3) is 0 Å². The summed E-state index contributed by atoms with van der Waals surface area (Å²) in [5.41, 5.74) is 5.70. The van der Waals surface area contributed by atoms with Gasteiger partial charge < -0.3 is 16.2 Å². The van der Waals surface area contributed by atoms with Gasteiger partial charge in [-0.1, -0.05) is 13.8 Å². The van der Waals surface area contributed by atoms with E-state index in [-0.39, 0.29) is 17.9 Å². The Labute approximate surface area is 91.2 Å². The smallest absolute Gasteiger partial charge is 0.236 e. The Kier molecular flexibility index (Phi) is 4.11. The first-order valence-corrected chi connectivity index (χ1v) is 5.63. The van der Waals surface area contributed by atoms with Crippen LogP contribution in [0.2, 0.25) is 0 Å². The topological polar surface area (TPSA) is 75.4 Å². The molecule has 0 aromatic heterocycles. The van der Waals surface area contributed by atoms with E-state index in [1.165, 1.54) is 0 Å². The van der Waals surface area contributed by atoms with Crippen LogP contribution in [0.3, 0.4) is 0 Å². The maximum absolute atomic E-state index is 11.6. The van der Waals surface area contributed by atoms with Gasteiger partial charge in [-0.2, -0.15) is 0 Å². The van der Waals surface area contributed by atoms with E-state index in [0.717, 1.165) is 12.8 Å². The minimum Gasteiger partial charge on any atom is -0.396 e. The molecule has 1 aliphatic carbocycles. The fraction of sp³-hybridized carbons (Fsp3) is 0.909. The molecule has 1 unspecified atom stereocenters. The maximum atomic E-state index is 11.6. The molecule has 0 aromatic carbocycles. The van der Waals surface area contributed by atoms with Crippen LogP contribution in [-0.4, -0.2) is 30.2 Å². The van der Waals surface area contributed by atoms with Crippen LogP contribution < -0.4 is 11.1 Å². The SMILES string of the molecule is CC(C)CC(N)C(=O)NCC1(CO)CC1. The molecule has 1 fully saturated rings. The van der Waals surface area contributed by atoms with Gasteiger partial charge in [0.2, 0.25) is 5.91 Å². The first kappa shape index (κ1) is 12.5. The summed E-state index contributed by atoms with van der Waals surface area (Å²) in [5, 5.41) is 11.9. The van der Waals surface area contributed by atoms with Crippen LogP contribution in [0.4, 0.5) is 0 Å². The van der Waals surface area contributed by atoms with Crippen molar-refractivity contribution in [3.8, 4) is 0 Å². The summed E-state index contributed by atoms with van der Waals surface area (Å²) in [6.07, 6.45) is 2.71. The monoisotopic (exact) mass is 214 g/mol. The number of aliphatic hydroxyl groups excluding tert-OH is 1. The van der Waals surface area contributed by atoms with Gasteiger partial charge in [0.1, 0.15) is 0 Å². The average molecular weight is 214 g/mol. The van der Waals surface area contributed by atoms with Crippen molar-refractivity contribution in [3.63, 3.8) is 0 Å². The number of amides is 1. The van der Waals surface area contributed by atoms with Crippen LogP contribution in [-0.2, 0) is 4.79 Å². The number of carbonyl (C=O) groups is 1. The molecule has 1 amide bonds. The molecule has 0 saturated heterocycles. The minimum absolute atomic E-state index is 0.0345. The number of nitrogens with one attached hydrogen (secondary N) is 1. The van der Waals surface area contributed by atoms with Crippen molar-refractivity contribution >= 4 is 5.91 Å². The lowest BCUT2D eigenvalue weighted by Crippen LogP contribution is -2.43. The molecule has 4 nitrogen and oxygen atoms in total. The van der Waals surface area contributed by atoms with Crippen molar-refractivity contribution in [2.45, 2.75) is 39.2 Å². The molecular weight excluding hydrogens is 192 g/mol. The third kappa shape index (κ3) is 3.80. The van der Waals surface area contributed by atoms with Gasteiger partial charge in [-0.05, 0) is 25.2 Å². The van der Waals surface area contributed by atoms with Crippen LogP contribution in [0.15, 0.2) is 0 Å². The lowest BCUT2D eigenvalue weighted by atomic mass is 10.0. The molecule has 1 saturated carbocycles. The molecule has 0 aliphatic heterocycles. The first-order chi connectivity index (χ1) is 6.99. The highest BCUT2D eigenvalue weighted by Crippen LogP contribution is 2.44. The predicted octanol–water partition coefficient (Wildman–Crippen LogP) is 0.249. The molecule has 88 valence electrons. The third-order valence-corrected chi connectivity index (χ3v) is 2.99. The van der Waals surface area contributed by atoms with E-state index in [2.05, 4.69) is 5.32 Å². The second kappa shape index (κ2) is 4.94. The number of carbonyl (C=O) groups excluding carboxylic acids is 1. The van der Waals surface area contributed by atoms with Crippen molar-refractivity contribution in [1.82, 2.24) is 5.32 Å². The van der Waals surface area contributed by atoms with Gasteiger partial charge in [0.05, 0.1) is 12.6 Å².